The number of hydrogen-bond donors (Lipinski definition) is 1. The molecule has 16 heavy (non-hydrogen) atoms. The standard InChI is InChI=1S/C13H27NO2/c1-7-11(15)10(2)14-8-12(3,4)16-13(5,6)9-14/h10-11,15H,7-9H2,1-6H3. The van der Waals surface area contributed by atoms with Crippen molar-refractivity contribution in [1.29, 1.82) is 0 Å². The van der Waals surface area contributed by atoms with Gasteiger partial charge < -0.3 is 9.84 Å². The number of ether oxygens (including phenoxy) is 1. The van der Waals surface area contributed by atoms with Crippen LogP contribution in [0.25, 0.3) is 0 Å². The van der Waals surface area contributed by atoms with Crippen molar-refractivity contribution in [2.24, 2.45) is 0 Å². The van der Waals surface area contributed by atoms with E-state index in [-0.39, 0.29) is 23.3 Å². The highest BCUT2D eigenvalue weighted by Gasteiger charge is 2.40. The molecule has 1 aliphatic heterocycles. The molecule has 0 aromatic rings. The van der Waals surface area contributed by atoms with Gasteiger partial charge in [-0.15, -0.1) is 0 Å². The van der Waals surface area contributed by atoms with E-state index in [1.165, 1.54) is 0 Å². The molecule has 1 aliphatic rings. The highest BCUT2D eigenvalue weighted by Crippen LogP contribution is 2.29. The highest BCUT2D eigenvalue weighted by atomic mass is 16.5. The smallest absolute Gasteiger partial charge is 0.0760 e. The summed E-state index contributed by atoms with van der Waals surface area (Å²) in [4.78, 5) is 2.34. The molecule has 0 amide bonds. The first kappa shape index (κ1) is 13.9. The average Bonchev–Trinajstić information content (AvgIpc) is 2.10. The van der Waals surface area contributed by atoms with Crippen molar-refractivity contribution in [2.45, 2.75) is 71.3 Å². The van der Waals surface area contributed by atoms with Gasteiger partial charge in [-0.2, -0.15) is 0 Å². The Balaban J connectivity index is 2.74. The summed E-state index contributed by atoms with van der Waals surface area (Å²) in [5.41, 5.74) is -0.271. The van der Waals surface area contributed by atoms with Gasteiger partial charge in [-0.3, -0.25) is 4.90 Å². The Morgan fingerprint density at radius 3 is 2.00 bits per heavy atom. The molecule has 0 radical (unpaired) electrons. The van der Waals surface area contributed by atoms with Gasteiger partial charge in [-0.25, -0.2) is 0 Å². The summed E-state index contributed by atoms with van der Waals surface area (Å²) in [7, 11) is 0. The topological polar surface area (TPSA) is 32.7 Å². The molecule has 1 rings (SSSR count). The zero-order valence-corrected chi connectivity index (χ0v) is 11.6. The maximum Gasteiger partial charge on any atom is 0.0760 e. The Morgan fingerprint density at radius 2 is 1.62 bits per heavy atom. The van der Waals surface area contributed by atoms with Crippen molar-refractivity contribution in [1.82, 2.24) is 4.90 Å². The molecule has 1 heterocycles. The molecule has 0 spiro atoms. The Bertz CT molecular complexity index is 222. The molecule has 1 saturated heterocycles. The van der Waals surface area contributed by atoms with Gasteiger partial charge in [0.2, 0.25) is 0 Å². The van der Waals surface area contributed by atoms with Gasteiger partial charge >= 0.3 is 0 Å². The number of nitrogens with zero attached hydrogens (tertiary/aromatic N) is 1. The van der Waals surface area contributed by atoms with E-state index >= 15 is 0 Å². The van der Waals surface area contributed by atoms with E-state index in [0.717, 1.165) is 19.5 Å². The lowest BCUT2D eigenvalue weighted by Crippen LogP contribution is -2.60. The van der Waals surface area contributed by atoms with E-state index in [1.54, 1.807) is 0 Å². The van der Waals surface area contributed by atoms with Gasteiger partial charge in [-0.05, 0) is 41.0 Å². The van der Waals surface area contributed by atoms with E-state index in [4.69, 9.17) is 4.74 Å². The normalized spacial score (nSPS) is 28.7. The van der Waals surface area contributed by atoms with Crippen molar-refractivity contribution in [3.63, 3.8) is 0 Å². The fourth-order valence-corrected chi connectivity index (χ4v) is 2.72. The number of morpholine rings is 1. The van der Waals surface area contributed by atoms with Crippen LogP contribution in [0.15, 0.2) is 0 Å². The highest BCUT2D eigenvalue weighted by molar-refractivity contribution is 4.92. The Kier molecular flexibility index (Phi) is 4.04. The summed E-state index contributed by atoms with van der Waals surface area (Å²) in [5.74, 6) is 0. The zero-order chi connectivity index (χ0) is 12.6. The molecule has 0 aliphatic carbocycles. The second kappa shape index (κ2) is 4.63. The molecular weight excluding hydrogens is 202 g/mol. The Labute approximate surface area is 99.8 Å². The van der Waals surface area contributed by atoms with E-state index in [1.807, 2.05) is 6.92 Å². The molecule has 3 heteroatoms. The third-order valence-corrected chi connectivity index (χ3v) is 3.27. The minimum absolute atomic E-state index is 0.135. The maximum atomic E-state index is 9.94. The Hall–Kier alpha value is -0.120. The summed E-state index contributed by atoms with van der Waals surface area (Å²) in [6.45, 7) is 14.4. The number of rotatable bonds is 3. The lowest BCUT2D eigenvalue weighted by molar-refractivity contribution is -0.192. The van der Waals surface area contributed by atoms with E-state index < -0.39 is 0 Å². The summed E-state index contributed by atoms with van der Waals surface area (Å²) in [5, 5.41) is 9.94. The molecule has 2 atom stereocenters. The first-order valence-electron chi connectivity index (χ1n) is 6.29. The van der Waals surface area contributed by atoms with Crippen LogP contribution < -0.4 is 0 Å². The third-order valence-electron chi connectivity index (χ3n) is 3.27. The van der Waals surface area contributed by atoms with Gasteiger partial charge in [0.1, 0.15) is 0 Å². The molecule has 0 aromatic carbocycles. The van der Waals surface area contributed by atoms with Crippen LogP contribution in [-0.4, -0.2) is 46.4 Å². The van der Waals surface area contributed by atoms with Crippen molar-refractivity contribution >= 4 is 0 Å². The van der Waals surface area contributed by atoms with E-state index in [0.29, 0.717) is 0 Å². The predicted octanol–water partition coefficient (Wildman–Crippen LogP) is 2.04. The van der Waals surface area contributed by atoms with Crippen LogP contribution in [-0.2, 0) is 4.74 Å². The van der Waals surface area contributed by atoms with Gasteiger partial charge in [0.05, 0.1) is 17.3 Å². The van der Waals surface area contributed by atoms with Crippen molar-refractivity contribution < 1.29 is 9.84 Å². The van der Waals surface area contributed by atoms with Gasteiger partial charge in [0, 0.05) is 19.1 Å². The molecule has 3 nitrogen and oxygen atoms in total. The lowest BCUT2D eigenvalue weighted by Gasteiger charge is -2.49. The van der Waals surface area contributed by atoms with Crippen molar-refractivity contribution in [3.8, 4) is 0 Å². The molecule has 0 saturated carbocycles. The minimum atomic E-state index is -0.246. The fraction of sp³-hybridized carbons (Fsp3) is 1.00. The number of aliphatic hydroxyl groups excluding tert-OH is 1. The molecule has 0 bridgehead atoms. The second-order valence-electron chi connectivity index (χ2n) is 6.24. The summed E-state index contributed by atoms with van der Waals surface area (Å²) in [6.07, 6.45) is 0.559. The van der Waals surface area contributed by atoms with Crippen LogP contribution in [0.2, 0.25) is 0 Å². The minimum Gasteiger partial charge on any atom is -0.392 e. The second-order valence-corrected chi connectivity index (χ2v) is 6.24. The van der Waals surface area contributed by atoms with Crippen LogP contribution >= 0.6 is 0 Å². The Morgan fingerprint density at radius 1 is 1.19 bits per heavy atom. The van der Waals surface area contributed by atoms with Crippen LogP contribution in [0.4, 0.5) is 0 Å². The largest absolute Gasteiger partial charge is 0.392 e. The summed E-state index contributed by atoms with van der Waals surface area (Å²) in [6, 6.07) is 0.201. The predicted molar refractivity (Wildman–Crippen MR) is 66.6 cm³/mol. The van der Waals surface area contributed by atoms with Crippen LogP contribution in [0, 0.1) is 0 Å². The van der Waals surface area contributed by atoms with E-state index in [9.17, 15) is 5.11 Å². The first-order chi connectivity index (χ1) is 7.17. The van der Waals surface area contributed by atoms with Crippen LogP contribution in [0.5, 0.6) is 0 Å². The van der Waals surface area contributed by atoms with Gasteiger partial charge in [0.15, 0.2) is 0 Å². The molecule has 0 aromatic heterocycles. The average molecular weight is 229 g/mol. The monoisotopic (exact) mass is 229 g/mol. The third kappa shape index (κ3) is 3.44. The molecule has 1 fully saturated rings. The quantitative estimate of drug-likeness (QED) is 0.804. The molecule has 1 N–H and O–H groups in total. The van der Waals surface area contributed by atoms with Crippen LogP contribution in [0.1, 0.15) is 48.0 Å². The van der Waals surface area contributed by atoms with Crippen molar-refractivity contribution in [2.75, 3.05) is 13.1 Å². The maximum absolute atomic E-state index is 9.94. The molecule has 2 unspecified atom stereocenters. The van der Waals surface area contributed by atoms with Crippen molar-refractivity contribution in [3.05, 3.63) is 0 Å². The zero-order valence-electron chi connectivity index (χ0n) is 11.6. The van der Waals surface area contributed by atoms with E-state index in [2.05, 4.69) is 39.5 Å². The molecular formula is C13H27NO2. The molecule has 96 valence electrons. The van der Waals surface area contributed by atoms with Gasteiger partial charge in [-0.1, -0.05) is 6.92 Å². The SMILES string of the molecule is CCC(O)C(C)N1CC(C)(C)OC(C)(C)C1. The van der Waals surface area contributed by atoms with Crippen LogP contribution in [0.3, 0.4) is 0 Å². The lowest BCUT2D eigenvalue weighted by atomic mass is 9.96. The van der Waals surface area contributed by atoms with Gasteiger partial charge in [0.25, 0.3) is 0 Å². The fourth-order valence-electron chi connectivity index (χ4n) is 2.72. The number of aliphatic hydroxyl groups is 1. The first-order valence-corrected chi connectivity index (χ1v) is 6.29. The summed E-state index contributed by atoms with van der Waals surface area (Å²) >= 11 is 0. The summed E-state index contributed by atoms with van der Waals surface area (Å²) < 4.78 is 6.03. The number of hydrogen-bond acceptors (Lipinski definition) is 3.